The largest absolute Gasteiger partial charge is 0.545 e. The maximum absolute atomic E-state index is 12.7. The summed E-state index contributed by atoms with van der Waals surface area (Å²) in [6.07, 6.45) is 38.3. The highest BCUT2D eigenvalue weighted by Gasteiger charge is 2.21. The van der Waals surface area contributed by atoms with Crippen LogP contribution in [-0.2, 0) is 33.3 Å². The zero-order valence-corrected chi connectivity index (χ0v) is 34.1. The zero-order valence-electron chi connectivity index (χ0n) is 34.1. The molecule has 0 N–H and O–H groups in total. The van der Waals surface area contributed by atoms with Crippen LogP contribution in [0.2, 0.25) is 0 Å². The average Bonchev–Trinajstić information content (AvgIpc) is 3.11. The van der Waals surface area contributed by atoms with Crippen LogP contribution in [0.25, 0.3) is 0 Å². The number of aliphatic carboxylic acids is 1. The van der Waals surface area contributed by atoms with E-state index in [0.717, 1.165) is 77.0 Å². The second kappa shape index (κ2) is 36.0. The van der Waals surface area contributed by atoms with Gasteiger partial charge in [0.05, 0.1) is 40.3 Å². The maximum Gasteiger partial charge on any atom is 0.306 e. The van der Waals surface area contributed by atoms with Crippen LogP contribution in [-0.4, -0.2) is 82.3 Å². The topological polar surface area (TPSA) is 111 Å². The number of hydrogen-bond donors (Lipinski definition) is 0. The molecule has 0 amide bonds. The van der Waals surface area contributed by atoms with Gasteiger partial charge >= 0.3 is 11.9 Å². The number of allylic oxidation sites excluding steroid dienone is 10. The van der Waals surface area contributed by atoms with Crippen LogP contribution < -0.4 is 5.11 Å². The molecule has 0 aliphatic rings. The van der Waals surface area contributed by atoms with Crippen molar-refractivity contribution in [2.24, 2.45) is 0 Å². The molecule has 0 saturated carbocycles. The second-order valence-electron chi connectivity index (χ2n) is 14.5. The number of carbonyl (C=O) groups excluding carboxylic acids is 3. The van der Waals surface area contributed by atoms with Gasteiger partial charge in [-0.15, -0.1) is 0 Å². The Morgan fingerprint density at radius 3 is 1.66 bits per heavy atom. The summed E-state index contributed by atoms with van der Waals surface area (Å²) in [6, 6.07) is 0. The fourth-order valence-corrected chi connectivity index (χ4v) is 5.05. The molecule has 0 aromatic carbocycles. The molecule has 0 radical (unpaired) electrons. The highest BCUT2D eigenvalue weighted by Crippen LogP contribution is 2.11. The van der Waals surface area contributed by atoms with Gasteiger partial charge in [-0.3, -0.25) is 9.59 Å². The van der Waals surface area contributed by atoms with E-state index < -0.39 is 24.3 Å². The molecule has 2 unspecified atom stereocenters. The highest BCUT2D eigenvalue weighted by atomic mass is 16.7. The van der Waals surface area contributed by atoms with E-state index in [1.807, 2.05) is 21.1 Å². The van der Waals surface area contributed by atoms with Crippen molar-refractivity contribution in [1.82, 2.24) is 0 Å². The molecule has 0 aromatic rings. The van der Waals surface area contributed by atoms with E-state index in [4.69, 9.17) is 18.9 Å². The number of rotatable bonds is 36. The molecule has 0 aliphatic carbocycles. The zero-order chi connectivity index (χ0) is 39.3. The van der Waals surface area contributed by atoms with E-state index in [-0.39, 0.29) is 38.6 Å². The normalized spacial score (nSPS) is 13.6. The molecule has 0 aromatic heterocycles. The summed E-state index contributed by atoms with van der Waals surface area (Å²) in [4.78, 5) is 36.8. The fraction of sp³-hybridized carbons (Fsp3) is 0.705. The predicted molar refractivity (Wildman–Crippen MR) is 214 cm³/mol. The van der Waals surface area contributed by atoms with Crippen molar-refractivity contribution in [2.75, 3.05) is 47.5 Å². The Kier molecular flexibility index (Phi) is 33.9. The summed E-state index contributed by atoms with van der Waals surface area (Å²) in [6.45, 7) is 4.52. The standard InChI is InChI=1S/C44H75NO8/c1-6-8-10-12-14-16-18-20-21-23-25-27-29-31-33-35-42(47)53-40(39-52-44(43(48)49)50-37-36-45(3,4)5)38-51-41(46)34-32-30-28-26-24-22-19-17-15-13-11-9-7-2/h8,10,14,16-17,19-21,25,27,40,44H,6-7,9,11-13,15,18,22-24,26,28-39H2,1-5H3/b10-8-,16-14-,19-17-,21-20-,27-25-. The van der Waals surface area contributed by atoms with Crippen LogP contribution in [0, 0.1) is 0 Å². The lowest BCUT2D eigenvalue weighted by atomic mass is 10.1. The minimum atomic E-state index is -1.63. The van der Waals surface area contributed by atoms with Crippen LogP contribution in [0.3, 0.4) is 0 Å². The first-order chi connectivity index (χ1) is 25.6. The molecule has 0 aliphatic heterocycles. The molecule has 304 valence electrons. The molecule has 0 spiro atoms. The summed E-state index contributed by atoms with van der Waals surface area (Å²) >= 11 is 0. The van der Waals surface area contributed by atoms with Gasteiger partial charge in [-0.25, -0.2) is 0 Å². The Bertz CT molecular complexity index is 1060. The lowest BCUT2D eigenvalue weighted by Crippen LogP contribution is -2.44. The van der Waals surface area contributed by atoms with Gasteiger partial charge < -0.3 is 33.3 Å². The molecular weight excluding hydrogens is 670 g/mol. The number of ether oxygens (including phenoxy) is 4. The SMILES string of the molecule is CC/C=C\C/C=C\C/C=C\C/C=C\CCCCC(=O)OC(COC(=O)CCCCCCC/C=C\CCCCCC)COC(OCC[N+](C)(C)C)C(=O)[O-]. The van der Waals surface area contributed by atoms with Crippen molar-refractivity contribution in [1.29, 1.82) is 0 Å². The molecule has 0 fully saturated rings. The van der Waals surface area contributed by atoms with Crippen molar-refractivity contribution in [3.05, 3.63) is 60.8 Å². The molecule has 0 bridgehead atoms. The molecule has 0 heterocycles. The second-order valence-corrected chi connectivity index (χ2v) is 14.5. The number of carboxylic acids is 1. The lowest BCUT2D eigenvalue weighted by molar-refractivity contribution is -0.870. The Morgan fingerprint density at radius 1 is 0.585 bits per heavy atom. The average molecular weight is 746 g/mol. The number of nitrogens with zero attached hydrogens (tertiary/aromatic N) is 1. The Labute approximate surface area is 323 Å². The number of hydrogen-bond acceptors (Lipinski definition) is 8. The van der Waals surface area contributed by atoms with Crippen molar-refractivity contribution in [2.45, 2.75) is 155 Å². The van der Waals surface area contributed by atoms with E-state index >= 15 is 0 Å². The number of carboxylic acid groups (broad SMARTS) is 1. The van der Waals surface area contributed by atoms with Gasteiger partial charge in [0.2, 0.25) is 0 Å². The van der Waals surface area contributed by atoms with E-state index in [2.05, 4.69) is 74.6 Å². The summed E-state index contributed by atoms with van der Waals surface area (Å²) < 4.78 is 22.4. The molecule has 9 heteroatoms. The molecule has 53 heavy (non-hydrogen) atoms. The third-order valence-corrected chi connectivity index (χ3v) is 8.25. The first kappa shape index (κ1) is 50.0. The van der Waals surface area contributed by atoms with Gasteiger partial charge in [0, 0.05) is 12.8 Å². The highest BCUT2D eigenvalue weighted by molar-refractivity contribution is 5.70. The third kappa shape index (κ3) is 37.1. The first-order valence-electron chi connectivity index (χ1n) is 20.4. The smallest absolute Gasteiger partial charge is 0.306 e. The summed E-state index contributed by atoms with van der Waals surface area (Å²) in [5, 5.41) is 11.7. The van der Waals surface area contributed by atoms with Gasteiger partial charge in [0.15, 0.2) is 12.4 Å². The van der Waals surface area contributed by atoms with Crippen molar-refractivity contribution in [3.8, 4) is 0 Å². The Morgan fingerprint density at radius 2 is 1.08 bits per heavy atom. The maximum atomic E-state index is 12.7. The van der Waals surface area contributed by atoms with Crippen LogP contribution in [0.4, 0.5) is 0 Å². The van der Waals surface area contributed by atoms with E-state index in [1.54, 1.807) is 0 Å². The number of unbranched alkanes of at least 4 members (excludes halogenated alkanes) is 11. The molecule has 9 nitrogen and oxygen atoms in total. The van der Waals surface area contributed by atoms with Gasteiger partial charge in [-0.1, -0.05) is 113 Å². The van der Waals surface area contributed by atoms with Crippen LogP contribution in [0.5, 0.6) is 0 Å². The monoisotopic (exact) mass is 746 g/mol. The molecular formula is C44H75NO8. The van der Waals surface area contributed by atoms with Gasteiger partial charge in [0.1, 0.15) is 13.2 Å². The van der Waals surface area contributed by atoms with E-state index in [1.165, 1.54) is 32.1 Å². The Hall–Kier alpha value is -3.01. The van der Waals surface area contributed by atoms with Gasteiger partial charge in [0.25, 0.3) is 0 Å². The summed E-state index contributed by atoms with van der Waals surface area (Å²) in [7, 11) is 5.88. The molecule has 2 atom stereocenters. The fourth-order valence-electron chi connectivity index (χ4n) is 5.05. The Balaban J connectivity index is 4.61. The van der Waals surface area contributed by atoms with Crippen LogP contribution in [0.1, 0.15) is 142 Å². The van der Waals surface area contributed by atoms with Gasteiger partial charge in [-0.05, 0) is 77.0 Å². The van der Waals surface area contributed by atoms with E-state index in [9.17, 15) is 19.5 Å². The number of likely N-dealkylation sites (N-methyl/N-ethyl adjacent to an activating group) is 1. The minimum absolute atomic E-state index is 0.136. The predicted octanol–water partition coefficient (Wildman–Crippen LogP) is 8.88. The van der Waals surface area contributed by atoms with Crippen LogP contribution >= 0.6 is 0 Å². The van der Waals surface area contributed by atoms with E-state index in [0.29, 0.717) is 17.4 Å². The molecule has 0 rings (SSSR count). The quantitative estimate of drug-likeness (QED) is 0.0206. The van der Waals surface area contributed by atoms with Gasteiger partial charge in [-0.2, -0.15) is 0 Å². The number of carbonyl (C=O) groups is 3. The number of quaternary nitrogens is 1. The third-order valence-electron chi connectivity index (χ3n) is 8.25. The van der Waals surface area contributed by atoms with Crippen molar-refractivity contribution in [3.63, 3.8) is 0 Å². The van der Waals surface area contributed by atoms with Crippen LogP contribution in [0.15, 0.2) is 60.8 Å². The molecule has 0 saturated heterocycles. The summed E-state index contributed by atoms with van der Waals surface area (Å²) in [5.41, 5.74) is 0. The lowest BCUT2D eigenvalue weighted by Gasteiger charge is -2.26. The minimum Gasteiger partial charge on any atom is -0.545 e. The summed E-state index contributed by atoms with van der Waals surface area (Å²) in [5.74, 6) is -2.37. The first-order valence-corrected chi connectivity index (χ1v) is 20.4. The van der Waals surface area contributed by atoms with Crippen molar-refractivity contribution < 1.29 is 42.9 Å². The van der Waals surface area contributed by atoms with Crippen molar-refractivity contribution >= 4 is 17.9 Å². The number of esters is 2.